The highest BCUT2D eigenvalue weighted by Gasteiger charge is 2.30. The van der Waals surface area contributed by atoms with Crippen LogP contribution in [0, 0.1) is 11.3 Å². The summed E-state index contributed by atoms with van der Waals surface area (Å²) in [4.78, 5) is 10.9. The van der Waals surface area contributed by atoms with Crippen molar-refractivity contribution in [3.8, 4) is 6.07 Å². The second-order valence-corrected chi connectivity index (χ2v) is 3.96. The standard InChI is InChI=1S/C10H10F3NO.C4H7N/c1-14-9(15)6-7-3-2-4-8(5-7)10(11,12)13;1-2-3-4-5/h2-5H,6H2,1H3,(H,14,15);2-3H2,1H3. The third-order valence-corrected chi connectivity index (χ3v) is 2.26. The van der Waals surface area contributed by atoms with Crippen molar-refractivity contribution in [1.82, 2.24) is 5.32 Å². The molecule has 0 unspecified atom stereocenters. The van der Waals surface area contributed by atoms with Gasteiger partial charge in [-0.15, -0.1) is 0 Å². The molecular weight excluding hydrogens is 269 g/mol. The van der Waals surface area contributed by atoms with Crippen LogP contribution >= 0.6 is 0 Å². The van der Waals surface area contributed by atoms with E-state index < -0.39 is 11.7 Å². The predicted octanol–water partition coefficient (Wildman–Crippen LogP) is 3.30. The van der Waals surface area contributed by atoms with Gasteiger partial charge >= 0.3 is 6.18 Å². The normalized spacial score (nSPS) is 10.0. The summed E-state index contributed by atoms with van der Waals surface area (Å²) in [6.07, 6.45) is -2.73. The van der Waals surface area contributed by atoms with Gasteiger partial charge in [-0.1, -0.05) is 25.1 Å². The zero-order chi connectivity index (χ0) is 15.6. The van der Waals surface area contributed by atoms with Crippen LogP contribution in [0.2, 0.25) is 0 Å². The van der Waals surface area contributed by atoms with Gasteiger partial charge in [-0.25, -0.2) is 0 Å². The SMILES string of the molecule is CCCC#N.CNC(=O)Cc1cccc(C(F)(F)F)c1. The molecule has 6 heteroatoms. The summed E-state index contributed by atoms with van der Waals surface area (Å²) in [5, 5.41) is 10.2. The van der Waals surface area contributed by atoms with Crippen molar-refractivity contribution in [2.24, 2.45) is 0 Å². The average molecular weight is 286 g/mol. The molecule has 110 valence electrons. The van der Waals surface area contributed by atoms with Gasteiger partial charge in [0.1, 0.15) is 0 Å². The Hall–Kier alpha value is -2.03. The number of nitriles is 1. The molecule has 3 nitrogen and oxygen atoms in total. The molecule has 0 bridgehead atoms. The molecule has 0 fully saturated rings. The van der Waals surface area contributed by atoms with Gasteiger partial charge in [0.2, 0.25) is 5.91 Å². The average Bonchev–Trinajstić information content (AvgIpc) is 2.39. The molecule has 1 aromatic carbocycles. The lowest BCUT2D eigenvalue weighted by Gasteiger charge is -2.08. The number of hydrogen-bond acceptors (Lipinski definition) is 2. The highest BCUT2D eigenvalue weighted by atomic mass is 19.4. The van der Waals surface area contributed by atoms with E-state index in [1.54, 1.807) is 0 Å². The van der Waals surface area contributed by atoms with Gasteiger partial charge in [-0.3, -0.25) is 4.79 Å². The first kappa shape index (κ1) is 18.0. The molecule has 20 heavy (non-hydrogen) atoms. The number of likely N-dealkylation sites (N-methyl/N-ethyl adjacent to an activating group) is 1. The minimum absolute atomic E-state index is 0.0413. The number of unbranched alkanes of at least 4 members (excludes halogenated alkanes) is 1. The van der Waals surface area contributed by atoms with Crippen LogP contribution in [0.15, 0.2) is 24.3 Å². The lowest BCUT2D eigenvalue weighted by molar-refractivity contribution is -0.137. The predicted molar refractivity (Wildman–Crippen MR) is 69.7 cm³/mol. The molecule has 1 N–H and O–H groups in total. The summed E-state index contributed by atoms with van der Waals surface area (Å²) >= 11 is 0. The van der Waals surface area contributed by atoms with Crippen LogP contribution in [0.4, 0.5) is 13.2 Å². The van der Waals surface area contributed by atoms with Gasteiger partial charge in [0.05, 0.1) is 18.1 Å². The molecule has 0 saturated heterocycles. The number of nitrogens with zero attached hydrogens (tertiary/aromatic N) is 1. The lowest BCUT2D eigenvalue weighted by atomic mass is 10.1. The van der Waals surface area contributed by atoms with Crippen molar-refractivity contribution in [2.75, 3.05) is 7.05 Å². The minimum atomic E-state index is -4.36. The molecule has 0 aliphatic carbocycles. The maximum absolute atomic E-state index is 12.3. The van der Waals surface area contributed by atoms with Crippen LogP contribution in [0.1, 0.15) is 30.9 Å². The number of alkyl halides is 3. The molecule has 1 aromatic rings. The highest BCUT2D eigenvalue weighted by molar-refractivity contribution is 5.78. The molecule has 0 heterocycles. The van der Waals surface area contributed by atoms with Crippen LogP contribution in [-0.4, -0.2) is 13.0 Å². The molecule has 0 saturated carbocycles. The Balaban J connectivity index is 0.000000621. The van der Waals surface area contributed by atoms with E-state index in [9.17, 15) is 18.0 Å². The summed E-state index contributed by atoms with van der Waals surface area (Å²) in [6.45, 7) is 1.99. The summed E-state index contributed by atoms with van der Waals surface area (Å²) in [5.41, 5.74) is -0.381. The Morgan fingerprint density at radius 3 is 2.45 bits per heavy atom. The van der Waals surface area contributed by atoms with Gasteiger partial charge in [0, 0.05) is 13.5 Å². The molecule has 1 amide bonds. The topological polar surface area (TPSA) is 52.9 Å². The van der Waals surface area contributed by atoms with Gasteiger partial charge in [0.25, 0.3) is 0 Å². The minimum Gasteiger partial charge on any atom is -0.359 e. The van der Waals surface area contributed by atoms with Gasteiger partial charge in [-0.05, 0) is 18.1 Å². The van der Waals surface area contributed by atoms with E-state index in [0.29, 0.717) is 12.0 Å². The third kappa shape index (κ3) is 7.41. The van der Waals surface area contributed by atoms with Crippen LogP contribution in [0.3, 0.4) is 0 Å². The maximum atomic E-state index is 12.3. The summed E-state index contributed by atoms with van der Waals surface area (Å²) in [5.74, 6) is -0.311. The monoisotopic (exact) mass is 286 g/mol. The Labute approximate surface area is 116 Å². The number of carbonyl (C=O) groups is 1. The molecule has 0 aliphatic rings. The molecule has 0 radical (unpaired) electrons. The zero-order valence-electron chi connectivity index (χ0n) is 11.4. The molecule has 0 spiro atoms. The van der Waals surface area contributed by atoms with Crippen LogP contribution in [0.25, 0.3) is 0 Å². The number of amides is 1. The fraction of sp³-hybridized carbons (Fsp3) is 0.429. The number of benzene rings is 1. The van der Waals surface area contributed by atoms with Crippen molar-refractivity contribution in [3.63, 3.8) is 0 Å². The Morgan fingerprint density at radius 2 is 2.05 bits per heavy atom. The van der Waals surface area contributed by atoms with E-state index in [4.69, 9.17) is 5.26 Å². The Bertz CT molecular complexity index is 464. The zero-order valence-corrected chi connectivity index (χ0v) is 11.4. The van der Waals surface area contributed by atoms with Gasteiger partial charge in [0.15, 0.2) is 0 Å². The number of halogens is 3. The first-order valence-corrected chi connectivity index (χ1v) is 6.08. The van der Waals surface area contributed by atoms with E-state index in [2.05, 4.69) is 5.32 Å². The number of nitrogens with one attached hydrogen (secondary N) is 1. The van der Waals surface area contributed by atoms with Crippen molar-refractivity contribution >= 4 is 5.91 Å². The summed E-state index contributed by atoms with van der Waals surface area (Å²) in [6, 6.07) is 6.76. The molecule has 1 rings (SSSR count). The number of rotatable bonds is 3. The van der Waals surface area contributed by atoms with E-state index in [1.807, 2.05) is 13.0 Å². The van der Waals surface area contributed by atoms with Crippen LogP contribution in [0.5, 0.6) is 0 Å². The second-order valence-electron chi connectivity index (χ2n) is 3.96. The Kier molecular flexibility index (Phi) is 8.06. The van der Waals surface area contributed by atoms with Crippen molar-refractivity contribution < 1.29 is 18.0 Å². The quantitative estimate of drug-likeness (QED) is 0.926. The van der Waals surface area contributed by atoms with Crippen molar-refractivity contribution in [1.29, 1.82) is 5.26 Å². The summed E-state index contributed by atoms with van der Waals surface area (Å²) < 4.78 is 36.9. The highest BCUT2D eigenvalue weighted by Crippen LogP contribution is 2.29. The first-order chi connectivity index (χ1) is 9.35. The fourth-order valence-corrected chi connectivity index (χ4v) is 1.24. The lowest BCUT2D eigenvalue weighted by Crippen LogP contribution is -2.20. The van der Waals surface area contributed by atoms with Crippen LogP contribution in [-0.2, 0) is 17.4 Å². The van der Waals surface area contributed by atoms with Crippen LogP contribution < -0.4 is 5.32 Å². The van der Waals surface area contributed by atoms with Crippen molar-refractivity contribution in [3.05, 3.63) is 35.4 Å². The molecule has 0 aromatic heterocycles. The Morgan fingerprint density at radius 1 is 1.40 bits per heavy atom. The second kappa shape index (κ2) is 8.97. The van der Waals surface area contributed by atoms with E-state index in [-0.39, 0.29) is 12.3 Å². The molecule has 0 aliphatic heterocycles. The first-order valence-electron chi connectivity index (χ1n) is 6.08. The van der Waals surface area contributed by atoms with E-state index >= 15 is 0 Å². The largest absolute Gasteiger partial charge is 0.416 e. The van der Waals surface area contributed by atoms with E-state index in [1.165, 1.54) is 19.2 Å². The smallest absolute Gasteiger partial charge is 0.359 e. The van der Waals surface area contributed by atoms with Gasteiger partial charge in [-0.2, -0.15) is 18.4 Å². The number of carbonyl (C=O) groups excluding carboxylic acids is 1. The molecule has 0 atom stereocenters. The third-order valence-electron chi connectivity index (χ3n) is 2.26. The summed E-state index contributed by atoms with van der Waals surface area (Å²) in [7, 11) is 1.44. The fourth-order valence-electron chi connectivity index (χ4n) is 1.24. The van der Waals surface area contributed by atoms with Crippen molar-refractivity contribution in [2.45, 2.75) is 32.4 Å². The maximum Gasteiger partial charge on any atom is 0.416 e. The van der Waals surface area contributed by atoms with E-state index in [0.717, 1.165) is 18.6 Å². The molecular formula is C14H17F3N2O. The number of hydrogen-bond donors (Lipinski definition) is 1. The van der Waals surface area contributed by atoms with Gasteiger partial charge < -0.3 is 5.32 Å².